The molecule has 130 valence electrons. The van der Waals surface area contributed by atoms with Crippen molar-refractivity contribution >= 4 is 40.1 Å². The van der Waals surface area contributed by atoms with Crippen LogP contribution in [0, 0.1) is 5.82 Å². The van der Waals surface area contributed by atoms with Crippen LogP contribution in [0.4, 0.5) is 10.1 Å². The van der Waals surface area contributed by atoms with E-state index in [-0.39, 0.29) is 11.9 Å². The molecule has 6 heteroatoms. The van der Waals surface area contributed by atoms with Gasteiger partial charge in [0.2, 0.25) is 0 Å². The van der Waals surface area contributed by atoms with Crippen molar-refractivity contribution in [2.24, 2.45) is 0 Å². The number of nitrogens with zero attached hydrogens (tertiary/aromatic N) is 1. The van der Waals surface area contributed by atoms with Crippen LogP contribution in [0.15, 0.2) is 78.2 Å². The molecule has 0 spiro atoms. The molecular weight excluding hydrogens is 365 g/mol. The molecule has 0 bridgehead atoms. The van der Waals surface area contributed by atoms with Crippen molar-refractivity contribution in [1.29, 1.82) is 0 Å². The summed E-state index contributed by atoms with van der Waals surface area (Å²) < 4.78 is 13.3. The highest BCUT2D eigenvalue weighted by Gasteiger charge is 2.29. The van der Waals surface area contributed by atoms with E-state index in [0.717, 1.165) is 21.8 Å². The number of para-hydroxylation sites is 1. The molecular formula is C20H16FN3S2. The van der Waals surface area contributed by atoms with Crippen LogP contribution in [0.2, 0.25) is 0 Å². The molecule has 1 atom stereocenters. The summed E-state index contributed by atoms with van der Waals surface area (Å²) in [7, 11) is 0. The van der Waals surface area contributed by atoms with Crippen molar-refractivity contribution in [3.8, 4) is 0 Å². The SMILES string of the molecule is Fc1ccc([C@H]2C=C(c3cccs3)NN2C(=S)Nc2ccccc2)cc1. The van der Waals surface area contributed by atoms with Crippen LogP contribution in [0.3, 0.4) is 0 Å². The van der Waals surface area contributed by atoms with Crippen molar-refractivity contribution in [2.75, 3.05) is 5.32 Å². The van der Waals surface area contributed by atoms with Gasteiger partial charge in [-0.1, -0.05) is 36.4 Å². The van der Waals surface area contributed by atoms with Gasteiger partial charge in [-0.3, -0.25) is 10.4 Å². The number of anilines is 1. The summed E-state index contributed by atoms with van der Waals surface area (Å²) in [6.07, 6.45) is 2.11. The summed E-state index contributed by atoms with van der Waals surface area (Å²) in [5.74, 6) is -0.251. The summed E-state index contributed by atoms with van der Waals surface area (Å²) in [6.45, 7) is 0. The summed E-state index contributed by atoms with van der Waals surface area (Å²) in [5, 5.41) is 7.73. The smallest absolute Gasteiger partial charge is 0.193 e. The van der Waals surface area contributed by atoms with Crippen LogP contribution in [0.25, 0.3) is 5.70 Å². The number of thiocarbonyl (C=S) groups is 1. The fraction of sp³-hybridized carbons (Fsp3) is 0.0500. The van der Waals surface area contributed by atoms with Crippen molar-refractivity contribution in [3.63, 3.8) is 0 Å². The first-order chi connectivity index (χ1) is 12.7. The first kappa shape index (κ1) is 16.8. The van der Waals surface area contributed by atoms with E-state index in [4.69, 9.17) is 12.2 Å². The van der Waals surface area contributed by atoms with Crippen LogP contribution in [-0.4, -0.2) is 10.1 Å². The topological polar surface area (TPSA) is 27.3 Å². The van der Waals surface area contributed by atoms with Crippen molar-refractivity contribution in [2.45, 2.75) is 6.04 Å². The number of hydrogen-bond acceptors (Lipinski definition) is 3. The summed E-state index contributed by atoms with van der Waals surface area (Å²) in [6, 6.07) is 20.2. The zero-order valence-corrected chi connectivity index (χ0v) is 15.4. The second-order valence-electron chi connectivity index (χ2n) is 5.83. The fourth-order valence-corrected chi connectivity index (χ4v) is 3.80. The second kappa shape index (κ2) is 7.27. The quantitative estimate of drug-likeness (QED) is 0.611. The van der Waals surface area contributed by atoms with Crippen molar-refractivity contribution in [3.05, 3.63) is 94.4 Å². The van der Waals surface area contributed by atoms with Gasteiger partial charge in [-0.15, -0.1) is 11.3 Å². The number of nitrogens with one attached hydrogen (secondary N) is 2. The van der Waals surface area contributed by atoms with E-state index in [1.807, 2.05) is 46.8 Å². The van der Waals surface area contributed by atoms with Crippen molar-refractivity contribution in [1.82, 2.24) is 10.4 Å². The third kappa shape index (κ3) is 3.47. The van der Waals surface area contributed by atoms with Crippen LogP contribution in [0.5, 0.6) is 0 Å². The van der Waals surface area contributed by atoms with E-state index in [0.29, 0.717) is 5.11 Å². The summed E-state index contributed by atoms with van der Waals surface area (Å²) in [4.78, 5) is 1.13. The Balaban J connectivity index is 1.63. The lowest BCUT2D eigenvalue weighted by molar-refractivity contribution is 0.348. The molecule has 3 aromatic rings. The maximum Gasteiger partial charge on any atom is 0.193 e. The van der Waals surface area contributed by atoms with E-state index in [2.05, 4.69) is 22.9 Å². The average Bonchev–Trinajstić information content (AvgIpc) is 3.33. The Labute approximate surface area is 160 Å². The Morgan fingerprint density at radius 1 is 1.04 bits per heavy atom. The van der Waals surface area contributed by atoms with Crippen LogP contribution >= 0.6 is 23.6 Å². The highest BCUT2D eigenvalue weighted by molar-refractivity contribution is 7.80. The van der Waals surface area contributed by atoms with Gasteiger partial charge in [0.15, 0.2) is 5.11 Å². The molecule has 0 radical (unpaired) electrons. The molecule has 1 aliphatic heterocycles. The van der Waals surface area contributed by atoms with Gasteiger partial charge < -0.3 is 5.32 Å². The van der Waals surface area contributed by atoms with Crippen LogP contribution in [0.1, 0.15) is 16.5 Å². The fourth-order valence-electron chi connectivity index (χ4n) is 2.83. The molecule has 0 fully saturated rings. The van der Waals surface area contributed by atoms with Crippen molar-refractivity contribution < 1.29 is 4.39 Å². The molecule has 0 saturated carbocycles. The number of hydrogen-bond donors (Lipinski definition) is 2. The Hall–Kier alpha value is -2.70. The normalized spacial score (nSPS) is 16.1. The van der Waals surface area contributed by atoms with E-state index in [9.17, 15) is 4.39 Å². The molecule has 2 N–H and O–H groups in total. The third-order valence-corrected chi connectivity index (χ3v) is 5.29. The molecule has 1 aromatic heterocycles. The Morgan fingerprint density at radius 3 is 2.50 bits per heavy atom. The molecule has 2 heterocycles. The Kier molecular flexibility index (Phi) is 4.69. The molecule has 0 amide bonds. The molecule has 4 rings (SSSR count). The first-order valence-corrected chi connectivity index (χ1v) is 9.42. The maximum atomic E-state index is 13.3. The minimum atomic E-state index is -0.251. The molecule has 0 unspecified atom stereocenters. The minimum absolute atomic E-state index is 0.128. The Bertz CT molecular complexity index is 921. The molecule has 3 nitrogen and oxygen atoms in total. The van der Waals surface area contributed by atoms with Gasteiger partial charge in [-0.2, -0.15) is 0 Å². The number of hydrazine groups is 1. The number of halogens is 1. The van der Waals surface area contributed by atoms with Crippen LogP contribution < -0.4 is 10.7 Å². The zero-order valence-electron chi connectivity index (χ0n) is 13.7. The maximum absolute atomic E-state index is 13.3. The average molecular weight is 382 g/mol. The summed E-state index contributed by atoms with van der Waals surface area (Å²) in [5.41, 5.74) is 6.26. The highest BCUT2D eigenvalue weighted by atomic mass is 32.1. The predicted molar refractivity (Wildman–Crippen MR) is 109 cm³/mol. The highest BCUT2D eigenvalue weighted by Crippen LogP contribution is 2.33. The predicted octanol–water partition coefficient (Wildman–Crippen LogP) is 5.19. The molecule has 1 aliphatic rings. The van der Waals surface area contributed by atoms with E-state index < -0.39 is 0 Å². The first-order valence-electron chi connectivity index (χ1n) is 8.14. The van der Waals surface area contributed by atoms with Gasteiger partial charge in [0.1, 0.15) is 5.82 Å². The molecule has 2 aromatic carbocycles. The van der Waals surface area contributed by atoms with E-state index >= 15 is 0 Å². The molecule has 0 saturated heterocycles. The minimum Gasteiger partial charge on any atom is -0.331 e. The van der Waals surface area contributed by atoms with Gasteiger partial charge in [0, 0.05) is 5.69 Å². The Morgan fingerprint density at radius 2 is 1.81 bits per heavy atom. The lowest BCUT2D eigenvalue weighted by atomic mass is 10.1. The van der Waals surface area contributed by atoms with Crippen LogP contribution in [-0.2, 0) is 0 Å². The number of rotatable bonds is 3. The number of benzene rings is 2. The lowest BCUT2D eigenvalue weighted by Gasteiger charge is -2.28. The number of thiophene rings is 1. The molecule has 0 aliphatic carbocycles. The van der Waals surface area contributed by atoms with Gasteiger partial charge in [0.05, 0.1) is 16.6 Å². The summed E-state index contributed by atoms with van der Waals surface area (Å²) >= 11 is 7.29. The second-order valence-corrected chi connectivity index (χ2v) is 7.17. The van der Waals surface area contributed by atoms with Gasteiger partial charge >= 0.3 is 0 Å². The van der Waals surface area contributed by atoms with Gasteiger partial charge in [-0.05, 0) is 59.6 Å². The lowest BCUT2D eigenvalue weighted by Crippen LogP contribution is -2.42. The van der Waals surface area contributed by atoms with E-state index in [1.165, 1.54) is 12.1 Å². The molecule has 26 heavy (non-hydrogen) atoms. The standard InChI is InChI=1S/C20H16FN3S2/c21-15-10-8-14(9-11-15)18-13-17(19-7-4-12-26-19)23-24(18)20(25)22-16-5-2-1-3-6-16/h1-13,18,23H,(H,22,25)/t18-/m1/s1. The van der Waals surface area contributed by atoms with Gasteiger partial charge in [0.25, 0.3) is 0 Å². The monoisotopic (exact) mass is 381 g/mol. The van der Waals surface area contributed by atoms with E-state index in [1.54, 1.807) is 23.5 Å². The zero-order chi connectivity index (χ0) is 17.9. The largest absolute Gasteiger partial charge is 0.331 e. The third-order valence-electron chi connectivity index (χ3n) is 4.09. The van der Waals surface area contributed by atoms with Gasteiger partial charge in [-0.25, -0.2) is 4.39 Å².